The molecular formula is C18H13Br2N3O4. The SMILES string of the molecule is CCOc1c(Br)cc(Br)cc1C=C(C#N)C(=O)Nc1ccc([N+](=O)[O-])cc1. The summed E-state index contributed by atoms with van der Waals surface area (Å²) < 4.78 is 7.01. The van der Waals surface area contributed by atoms with Gasteiger partial charge in [-0.3, -0.25) is 14.9 Å². The van der Waals surface area contributed by atoms with Gasteiger partial charge in [0.15, 0.2) is 0 Å². The lowest BCUT2D eigenvalue weighted by Crippen LogP contribution is -2.13. The molecule has 0 heterocycles. The molecule has 0 radical (unpaired) electrons. The maximum absolute atomic E-state index is 12.4. The van der Waals surface area contributed by atoms with Crippen molar-refractivity contribution in [1.82, 2.24) is 0 Å². The normalized spacial score (nSPS) is 10.8. The number of anilines is 1. The van der Waals surface area contributed by atoms with Crippen molar-refractivity contribution in [1.29, 1.82) is 5.26 Å². The molecule has 2 rings (SSSR count). The highest BCUT2D eigenvalue weighted by atomic mass is 79.9. The predicted molar refractivity (Wildman–Crippen MR) is 108 cm³/mol. The Balaban J connectivity index is 2.32. The molecule has 27 heavy (non-hydrogen) atoms. The number of non-ortho nitro benzene ring substituents is 1. The number of carbonyl (C=O) groups excluding carboxylic acids is 1. The summed E-state index contributed by atoms with van der Waals surface area (Å²) in [5, 5.41) is 22.6. The van der Waals surface area contributed by atoms with Crippen molar-refractivity contribution in [3.05, 3.63) is 66.6 Å². The van der Waals surface area contributed by atoms with Crippen LogP contribution < -0.4 is 10.1 Å². The minimum absolute atomic E-state index is 0.0932. The fraction of sp³-hybridized carbons (Fsp3) is 0.111. The topological polar surface area (TPSA) is 105 Å². The first-order valence-electron chi connectivity index (χ1n) is 7.65. The molecular weight excluding hydrogens is 482 g/mol. The number of hydrogen-bond acceptors (Lipinski definition) is 5. The summed E-state index contributed by atoms with van der Waals surface area (Å²) in [6, 6.07) is 10.7. The maximum Gasteiger partial charge on any atom is 0.269 e. The fourth-order valence-corrected chi connectivity index (χ4v) is 3.53. The Morgan fingerprint density at radius 2 is 2.00 bits per heavy atom. The summed E-state index contributed by atoms with van der Waals surface area (Å²) in [5.74, 6) is -0.124. The summed E-state index contributed by atoms with van der Waals surface area (Å²) >= 11 is 6.76. The van der Waals surface area contributed by atoms with Crippen molar-refractivity contribution in [2.24, 2.45) is 0 Å². The second-order valence-corrected chi connectivity index (χ2v) is 6.94. The lowest BCUT2D eigenvalue weighted by atomic mass is 10.1. The van der Waals surface area contributed by atoms with E-state index in [2.05, 4.69) is 37.2 Å². The molecule has 2 aromatic carbocycles. The molecule has 0 saturated carbocycles. The lowest BCUT2D eigenvalue weighted by Gasteiger charge is -2.11. The molecule has 0 aliphatic rings. The van der Waals surface area contributed by atoms with Crippen molar-refractivity contribution in [2.75, 3.05) is 11.9 Å². The summed E-state index contributed by atoms with van der Waals surface area (Å²) in [7, 11) is 0. The van der Waals surface area contributed by atoms with Gasteiger partial charge in [0.2, 0.25) is 0 Å². The number of nitro benzene ring substituents is 1. The van der Waals surface area contributed by atoms with Gasteiger partial charge >= 0.3 is 0 Å². The van der Waals surface area contributed by atoms with E-state index >= 15 is 0 Å². The van der Waals surface area contributed by atoms with Gasteiger partial charge in [0, 0.05) is 27.9 Å². The number of nitrogens with zero attached hydrogens (tertiary/aromatic N) is 2. The van der Waals surface area contributed by atoms with E-state index in [1.165, 1.54) is 30.3 Å². The largest absolute Gasteiger partial charge is 0.492 e. The Labute approximate surface area is 172 Å². The first kappa shape index (κ1) is 20.6. The fourth-order valence-electron chi connectivity index (χ4n) is 2.15. The molecule has 0 saturated heterocycles. The van der Waals surface area contributed by atoms with Crippen LogP contribution in [-0.2, 0) is 4.79 Å². The Bertz CT molecular complexity index is 950. The molecule has 0 aromatic heterocycles. The Morgan fingerprint density at radius 3 is 2.56 bits per heavy atom. The molecule has 9 heteroatoms. The van der Waals surface area contributed by atoms with Crippen LogP contribution in [0.15, 0.2) is 50.9 Å². The number of nitro groups is 1. The highest BCUT2D eigenvalue weighted by Gasteiger charge is 2.14. The van der Waals surface area contributed by atoms with Gasteiger partial charge in [-0.25, -0.2) is 0 Å². The first-order chi connectivity index (χ1) is 12.8. The van der Waals surface area contributed by atoms with Gasteiger partial charge < -0.3 is 10.1 Å². The summed E-state index contributed by atoms with van der Waals surface area (Å²) in [6.45, 7) is 2.24. The summed E-state index contributed by atoms with van der Waals surface area (Å²) in [4.78, 5) is 22.5. The number of carbonyl (C=O) groups is 1. The second-order valence-electron chi connectivity index (χ2n) is 5.17. The molecule has 0 aliphatic heterocycles. The zero-order valence-corrected chi connectivity index (χ0v) is 17.2. The number of ether oxygens (including phenoxy) is 1. The van der Waals surface area contributed by atoms with E-state index in [1.807, 2.05) is 13.0 Å². The van der Waals surface area contributed by atoms with E-state index in [1.54, 1.807) is 12.1 Å². The molecule has 138 valence electrons. The Hall–Kier alpha value is -2.70. The number of rotatable bonds is 6. The van der Waals surface area contributed by atoms with E-state index in [0.29, 0.717) is 28.1 Å². The highest BCUT2D eigenvalue weighted by Crippen LogP contribution is 2.34. The molecule has 0 fully saturated rings. The zero-order chi connectivity index (χ0) is 20.0. The monoisotopic (exact) mass is 493 g/mol. The number of hydrogen-bond donors (Lipinski definition) is 1. The van der Waals surface area contributed by atoms with E-state index in [4.69, 9.17) is 4.74 Å². The Morgan fingerprint density at radius 1 is 1.33 bits per heavy atom. The minimum atomic E-state index is -0.634. The number of halogens is 2. The van der Waals surface area contributed by atoms with Crippen LogP contribution >= 0.6 is 31.9 Å². The molecule has 0 bridgehead atoms. The van der Waals surface area contributed by atoms with Crippen LogP contribution in [0.4, 0.5) is 11.4 Å². The van der Waals surface area contributed by atoms with Crippen LogP contribution in [0.3, 0.4) is 0 Å². The van der Waals surface area contributed by atoms with Gasteiger partial charge in [-0.2, -0.15) is 5.26 Å². The number of nitriles is 1. The van der Waals surface area contributed by atoms with Crippen LogP contribution in [0.5, 0.6) is 5.75 Å². The number of nitrogens with one attached hydrogen (secondary N) is 1. The quantitative estimate of drug-likeness (QED) is 0.261. The van der Waals surface area contributed by atoms with Crippen molar-refractivity contribution in [2.45, 2.75) is 6.92 Å². The van der Waals surface area contributed by atoms with Gasteiger partial charge in [-0.05, 0) is 53.2 Å². The maximum atomic E-state index is 12.4. The third-order valence-electron chi connectivity index (χ3n) is 3.33. The van der Waals surface area contributed by atoms with Gasteiger partial charge in [-0.1, -0.05) is 15.9 Å². The van der Waals surface area contributed by atoms with Gasteiger partial charge in [0.05, 0.1) is 16.0 Å². The van der Waals surface area contributed by atoms with E-state index in [0.717, 1.165) is 4.47 Å². The van der Waals surface area contributed by atoms with Crippen molar-refractivity contribution in [3.63, 3.8) is 0 Å². The van der Waals surface area contributed by atoms with Crippen LogP contribution in [0.1, 0.15) is 12.5 Å². The van der Waals surface area contributed by atoms with Crippen molar-refractivity contribution < 1.29 is 14.5 Å². The molecule has 0 spiro atoms. The average Bonchev–Trinajstić information content (AvgIpc) is 2.62. The molecule has 0 atom stereocenters. The third-order valence-corrected chi connectivity index (χ3v) is 4.37. The van der Waals surface area contributed by atoms with Crippen LogP contribution in [0.25, 0.3) is 6.08 Å². The summed E-state index contributed by atoms with van der Waals surface area (Å²) in [6.07, 6.45) is 1.42. The van der Waals surface area contributed by atoms with Gasteiger partial charge in [0.25, 0.3) is 11.6 Å². The van der Waals surface area contributed by atoms with E-state index < -0.39 is 10.8 Å². The van der Waals surface area contributed by atoms with Crippen LogP contribution in [0, 0.1) is 21.4 Å². The summed E-state index contributed by atoms with van der Waals surface area (Å²) in [5.41, 5.74) is 0.657. The molecule has 0 unspecified atom stereocenters. The highest BCUT2D eigenvalue weighted by molar-refractivity contribution is 9.11. The number of amides is 1. The Kier molecular flexibility index (Phi) is 7.10. The zero-order valence-electron chi connectivity index (χ0n) is 14.0. The van der Waals surface area contributed by atoms with Crippen LogP contribution in [0.2, 0.25) is 0 Å². The van der Waals surface area contributed by atoms with Crippen LogP contribution in [-0.4, -0.2) is 17.4 Å². The molecule has 1 amide bonds. The molecule has 7 nitrogen and oxygen atoms in total. The van der Waals surface area contributed by atoms with Gasteiger partial charge in [0.1, 0.15) is 17.4 Å². The van der Waals surface area contributed by atoms with Gasteiger partial charge in [-0.15, -0.1) is 0 Å². The smallest absolute Gasteiger partial charge is 0.269 e. The predicted octanol–water partition coefficient (Wildman–Crippen LogP) is 5.06. The average molecular weight is 495 g/mol. The minimum Gasteiger partial charge on any atom is -0.492 e. The van der Waals surface area contributed by atoms with E-state index in [9.17, 15) is 20.2 Å². The number of benzene rings is 2. The standard InChI is InChI=1S/C18H13Br2N3O4/c1-2-27-17-11(8-13(19)9-16(17)20)7-12(10-21)18(24)22-14-3-5-15(6-4-14)23(25)26/h3-9H,2H2,1H3,(H,22,24). The lowest BCUT2D eigenvalue weighted by molar-refractivity contribution is -0.384. The first-order valence-corrected chi connectivity index (χ1v) is 9.23. The molecule has 0 aliphatic carbocycles. The van der Waals surface area contributed by atoms with Crippen molar-refractivity contribution >= 4 is 55.2 Å². The van der Waals surface area contributed by atoms with E-state index in [-0.39, 0.29) is 11.3 Å². The molecule has 2 aromatic rings. The second kappa shape index (κ2) is 9.30. The molecule has 1 N–H and O–H groups in total. The van der Waals surface area contributed by atoms with Crippen molar-refractivity contribution in [3.8, 4) is 11.8 Å². The third kappa shape index (κ3) is 5.39.